The van der Waals surface area contributed by atoms with Crippen molar-refractivity contribution < 1.29 is 9.59 Å². The molecule has 2 aliphatic rings. The zero-order chi connectivity index (χ0) is 16.4. The summed E-state index contributed by atoms with van der Waals surface area (Å²) in [5, 5.41) is 0. The largest absolute Gasteiger partial charge is 0.343 e. The van der Waals surface area contributed by atoms with Gasteiger partial charge < -0.3 is 9.80 Å². The maximum absolute atomic E-state index is 12.5. The van der Waals surface area contributed by atoms with Crippen molar-refractivity contribution in [3.63, 3.8) is 0 Å². The molecule has 0 N–H and O–H groups in total. The van der Waals surface area contributed by atoms with Crippen LogP contribution >= 0.6 is 0 Å². The highest BCUT2D eigenvalue weighted by atomic mass is 16.2. The molecule has 124 valence electrons. The second-order valence-corrected chi connectivity index (χ2v) is 7.19. The number of hydrogen-bond acceptors (Lipinski definition) is 2. The molecule has 0 radical (unpaired) electrons. The Hall–Kier alpha value is -1.84. The Morgan fingerprint density at radius 1 is 1.17 bits per heavy atom. The zero-order valence-electron chi connectivity index (χ0n) is 14.1. The molecule has 0 saturated carbocycles. The van der Waals surface area contributed by atoms with Crippen LogP contribution in [-0.2, 0) is 15.0 Å². The highest BCUT2D eigenvalue weighted by Gasteiger charge is 2.39. The molecule has 1 aromatic carbocycles. The van der Waals surface area contributed by atoms with E-state index in [4.69, 9.17) is 0 Å². The number of benzene rings is 1. The summed E-state index contributed by atoms with van der Waals surface area (Å²) in [6, 6.07) is 10.8. The number of amides is 2. The smallest absolute Gasteiger partial charge is 0.222 e. The molecule has 4 heteroatoms. The SMILES string of the molecule is CC(=O)N1CCC(N2C[C@](C)(c3ccccc3)CCC2=O)CC1. The lowest BCUT2D eigenvalue weighted by Crippen LogP contribution is -2.55. The van der Waals surface area contributed by atoms with Crippen LogP contribution < -0.4 is 0 Å². The van der Waals surface area contributed by atoms with Crippen molar-refractivity contribution in [3.8, 4) is 0 Å². The summed E-state index contributed by atoms with van der Waals surface area (Å²) in [7, 11) is 0. The number of hydrogen-bond donors (Lipinski definition) is 0. The summed E-state index contributed by atoms with van der Waals surface area (Å²) in [4.78, 5) is 27.9. The van der Waals surface area contributed by atoms with E-state index >= 15 is 0 Å². The third-order valence-electron chi connectivity index (χ3n) is 5.55. The summed E-state index contributed by atoms with van der Waals surface area (Å²) in [6.45, 7) is 6.23. The average molecular weight is 314 g/mol. The van der Waals surface area contributed by atoms with Gasteiger partial charge in [-0.15, -0.1) is 0 Å². The van der Waals surface area contributed by atoms with Crippen molar-refractivity contribution in [1.29, 1.82) is 0 Å². The predicted octanol–water partition coefficient (Wildman–Crippen LogP) is 2.58. The van der Waals surface area contributed by atoms with Gasteiger partial charge in [0, 0.05) is 44.4 Å². The lowest BCUT2D eigenvalue weighted by atomic mass is 9.75. The van der Waals surface area contributed by atoms with E-state index in [9.17, 15) is 9.59 Å². The number of rotatable bonds is 2. The normalized spacial score (nSPS) is 26.4. The number of piperidine rings is 2. The highest BCUT2D eigenvalue weighted by molar-refractivity contribution is 5.78. The topological polar surface area (TPSA) is 40.6 Å². The van der Waals surface area contributed by atoms with Gasteiger partial charge in [0.2, 0.25) is 11.8 Å². The molecule has 2 saturated heterocycles. The van der Waals surface area contributed by atoms with Crippen LogP contribution in [0.2, 0.25) is 0 Å². The molecule has 2 heterocycles. The van der Waals surface area contributed by atoms with Gasteiger partial charge in [-0.3, -0.25) is 9.59 Å². The number of carbonyl (C=O) groups excluding carboxylic acids is 2. The summed E-state index contributed by atoms with van der Waals surface area (Å²) in [5.41, 5.74) is 1.35. The quantitative estimate of drug-likeness (QED) is 0.842. The molecular weight excluding hydrogens is 288 g/mol. The second-order valence-electron chi connectivity index (χ2n) is 7.19. The van der Waals surface area contributed by atoms with Crippen LogP contribution in [0.3, 0.4) is 0 Å². The van der Waals surface area contributed by atoms with E-state index in [-0.39, 0.29) is 23.3 Å². The first-order chi connectivity index (χ1) is 11.0. The van der Waals surface area contributed by atoms with Gasteiger partial charge in [0.1, 0.15) is 0 Å². The molecule has 1 atom stereocenters. The second kappa shape index (κ2) is 6.34. The first-order valence-electron chi connectivity index (χ1n) is 8.60. The van der Waals surface area contributed by atoms with Crippen LogP contribution in [0.25, 0.3) is 0 Å². The van der Waals surface area contributed by atoms with E-state index in [2.05, 4.69) is 36.1 Å². The van der Waals surface area contributed by atoms with Crippen LogP contribution in [0.5, 0.6) is 0 Å². The molecule has 2 aliphatic heterocycles. The molecule has 0 spiro atoms. The van der Waals surface area contributed by atoms with Gasteiger partial charge in [0.05, 0.1) is 0 Å². The monoisotopic (exact) mass is 314 g/mol. The molecule has 1 aromatic rings. The minimum atomic E-state index is 0.0346. The molecule has 0 bridgehead atoms. The van der Waals surface area contributed by atoms with E-state index in [0.29, 0.717) is 6.42 Å². The third-order valence-corrected chi connectivity index (χ3v) is 5.55. The van der Waals surface area contributed by atoms with Crippen molar-refractivity contribution in [1.82, 2.24) is 9.80 Å². The fourth-order valence-electron chi connectivity index (χ4n) is 3.97. The van der Waals surface area contributed by atoms with Gasteiger partial charge in [-0.1, -0.05) is 37.3 Å². The zero-order valence-corrected chi connectivity index (χ0v) is 14.1. The Morgan fingerprint density at radius 2 is 1.83 bits per heavy atom. The van der Waals surface area contributed by atoms with Crippen LogP contribution in [0.15, 0.2) is 30.3 Å². The summed E-state index contributed by atoms with van der Waals surface area (Å²) in [5.74, 6) is 0.419. The van der Waals surface area contributed by atoms with Crippen molar-refractivity contribution in [2.24, 2.45) is 0 Å². The Kier molecular flexibility index (Phi) is 4.42. The molecule has 4 nitrogen and oxygen atoms in total. The number of carbonyl (C=O) groups is 2. The van der Waals surface area contributed by atoms with E-state index in [1.165, 1.54) is 5.56 Å². The van der Waals surface area contributed by atoms with Crippen molar-refractivity contribution in [2.45, 2.75) is 51.0 Å². The fourth-order valence-corrected chi connectivity index (χ4v) is 3.97. The number of likely N-dealkylation sites (tertiary alicyclic amines) is 2. The van der Waals surface area contributed by atoms with Crippen LogP contribution in [0.4, 0.5) is 0 Å². The van der Waals surface area contributed by atoms with Crippen molar-refractivity contribution in [2.75, 3.05) is 19.6 Å². The number of nitrogens with zero attached hydrogens (tertiary/aromatic N) is 2. The minimum absolute atomic E-state index is 0.0346. The van der Waals surface area contributed by atoms with Gasteiger partial charge >= 0.3 is 0 Å². The summed E-state index contributed by atoms with van der Waals surface area (Å²) < 4.78 is 0. The molecule has 0 unspecified atom stereocenters. The Bertz CT molecular complexity index is 578. The van der Waals surface area contributed by atoms with E-state index in [0.717, 1.165) is 38.9 Å². The van der Waals surface area contributed by atoms with Gasteiger partial charge in [-0.05, 0) is 24.8 Å². The van der Waals surface area contributed by atoms with Gasteiger partial charge in [-0.2, -0.15) is 0 Å². The van der Waals surface area contributed by atoms with Gasteiger partial charge in [-0.25, -0.2) is 0 Å². The van der Waals surface area contributed by atoms with Crippen molar-refractivity contribution in [3.05, 3.63) is 35.9 Å². The molecule has 0 aliphatic carbocycles. The molecule has 2 amide bonds. The minimum Gasteiger partial charge on any atom is -0.343 e. The molecule has 23 heavy (non-hydrogen) atoms. The van der Waals surface area contributed by atoms with E-state index in [1.54, 1.807) is 6.92 Å². The third kappa shape index (κ3) is 3.26. The molecule has 0 aromatic heterocycles. The first kappa shape index (κ1) is 16.0. The molecular formula is C19H26N2O2. The Morgan fingerprint density at radius 3 is 2.43 bits per heavy atom. The fraction of sp³-hybridized carbons (Fsp3) is 0.579. The Balaban J connectivity index is 1.72. The van der Waals surface area contributed by atoms with E-state index < -0.39 is 0 Å². The standard InChI is InChI=1S/C19H26N2O2/c1-15(22)20-12-9-17(10-13-20)21-14-19(2,11-8-18(21)23)16-6-4-3-5-7-16/h3-7,17H,8-14H2,1-2H3/t19-/m1/s1. The lowest BCUT2D eigenvalue weighted by Gasteiger charge is -2.46. The van der Waals surface area contributed by atoms with Crippen LogP contribution in [0, 0.1) is 0 Å². The summed E-state index contributed by atoms with van der Waals surface area (Å²) in [6.07, 6.45) is 3.34. The van der Waals surface area contributed by atoms with Gasteiger partial charge in [0.25, 0.3) is 0 Å². The Labute approximate surface area is 138 Å². The van der Waals surface area contributed by atoms with Crippen LogP contribution in [0.1, 0.15) is 45.1 Å². The summed E-state index contributed by atoms with van der Waals surface area (Å²) >= 11 is 0. The predicted molar refractivity (Wildman–Crippen MR) is 90.0 cm³/mol. The molecule has 3 rings (SSSR count). The first-order valence-corrected chi connectivity index (χ1v) is 8.60. The maximum Gasteiger partial charge on any atom is 0.222 e. The van der Waals surface area contributed by atoms with E-state index in [1.807, 2.05) is 11.0 Å². The highest BCUT2D eigenvalue weighted by Crippen LogP contribution is 2.36. The van der Waals surface area contributed by atoms with Gasteiger partial charge in [0.15, 0.2) is 0 Å². The lowest BCUT2D eigenvalue weighted by molar-refractivity contribution is -0.140. The van der Waals surface area contributed by atoms with Crippen molar-refractivity contribution >= 4 is 11.8 Å². The molecule has 2 fully saturated rings. The van der Waals surface area contributed by atoms with Crippen LogP contribution in [-0.4, -0.2) is 47.3 Å². The average Bonchev–Trinajstić information content (AvgIpc) is 2.58. The maximum atomic E-state index is 12.5.